The van der Waals surface area contributed by atoms with E-state index in [2.05, 4.69) is 10.2 Å². The lowest BCUT2D eigenvalue weighted by Gasteiger charge is -2.20. The minimum Gasteiger partial charge on any atom is -0.486 e. The van der Waals surface area contributed by atoms with Gasteiger partial charge in [0.1, 0.15) is 19.0 Å². The number of rotatable bonds is 4. The van der Waals surface area contributed by atoms with Gasteiger partial charge in [0.05, 0.1) is 11.6 Å². The van der Waals surface area contributed by atoms with Gasteiger partial charge < -0.3 is 19.8 Å². The smallest absolute Gasteiger partial charge is 0.191 e. The molecule has 0 spiro atoms. The van der Waals surface area contributed by atoms with Crippen LogP contribution in [0.3, 0.4) is 0 Å². The molecule has 2 heterocycles. The predicted molar refractivity (Wildman–Crippen MR) is 80.9 cm³/mol. The van der Waals surface area contributed by atoms with Crippen molar-refractivity contribution >= 4 is 23.4 Å². The first kappa shape index (κ1) is 14.5. The first-order valence-corrected chi connectivity index (χ1v) is 7.84. The zero-order chi connectivity index (χ0) is 14.8. The number of ether oxygens (including phenoxy) is 2. The third-order valence-electron chi connectivity index (χ3n) is 3.13. The molecule has 2 N–H and O–H groups in total. The molecule has 112 valence electrons. The van der Waals surface area contributed by atoms with Gasteiger partial charge >= 0.3 is 0 Å². The van der Waals surface area contributed by atoms with E-state index in [0.717, 1.165) is 16.5 Å². The summed E-state index contributed by atoms with van der Waals surface area (Å²) >= 11 is 7.80. The Labute approximate surface area is 131 Å². The number of benzene rings is 1. The van der Waals surface area contributed by atoms with E-state index in [1.165, 1.54) is 0 Å². The van der Waals surface area contributed by atoms with E-state index in [9.17, 15) is 0 Å². The molecule has 0 fully saturated rings. The van der Waals surface area contributed by atoms with E-state index < -0.39 is 0 Å². The largest absolute Gasteiger partial charge is 0.486 e. The van der Waals surface area contributed by atoms with Gasteiger partial charge in [0.25, 0.3) is 0 Å². The van der Waals surface area contributed by atoms with Gasteiger partial charge in [-0.05, 0) is 17.7 Å². The zero-order valence-corrected chi connectivity index (χ0v) is 13.1. The average Bonchev–Trinajstić information content (AvgIpc) is 2.85. The maximum Gasteiger partial charge on any atom is 0.191 e. The molecule has 1 aliphatic heterocycles. The molecule has 3 rings (SSSR count). The molecule has 0 saturated heterocycles. The molecule has 6 nitrogen and oxygen atoms in total. The van der Waals surface area contributed by atoms with E-state index in [1.807, 2.05) is 23.7 Å². The van der Waals surface area contributed by atoms with E-state index in [0.29, 0.717) is 42.0 Å². The number of aromatic nitrogens is 3. The molecule has 0 atom stereocenters. The van der Waals surface area contributed by atoms with E-state index in [1.54, 1.807) is 11.8 Å². The summed E-state index contributed by atoms with van der Waals surface area (Å²) in [5.74, 6) is 2.80. The third kappa shape index (κ3) is 2.95. The van der Waals surface area contributed by atoms with Crippen molar-refractivity contribution in [2.75, 3.05) is 13.2 Å². The van der Waals surface area contributed by atoms with Gasteiger partial charge in [-0.3, -0.25) is 0 Å². The fourth-order valence-electron chi connectivity index (χ4n) is 2.04. The summed E-state index contributed by atoms with van der Waals surface area (Å²) in [5.41, 5.74) is 6.63. The molecular formula is C13H15ClN4O2S. The molecule has 0 bridgehead atoms. The summed E-state index contributed by atoms with van der Waals surface area (Å²) in [6.07, 6.45) is 0. The number of nitrogens with zero attached hydrogens (tertiary/aromatic N) is 3. The molecular weight excluding hydrogens is 312 g/mol. The molecule has 21 heavy (non-hydrogen) atoms. The van der Waals surface area contributed by atoms with Gasteiger partial charge in [-0.1, -0.05) is 23.4 Å². The van der Waals surface area contributed by atoms with Gasteiger partial charge in [0, 0.05) is 12.8 Å². The Morgan fingerprint density at radius 1 is 1.33 bits per heavy atom. The summed E-state index contributed by atoms with van der Waals surface area (Å²) in [4.78, 5) is 0. The Bertz CT molecular complexity index is 662. The van der Waals surface area contributed by atoms with Crippen LogP contribution in [0.2, 0.25) is 5.02 Å². The molecule has 8 heteroatoms. The van der Waals surface area contributed by atoms with Crippen LogP contribution in [0.15, 0.2) is 17.3 Å². The SMILES string of the molecule is Cn1c(CN)nnc1SCc1cc(Cl)c2c(c1)OCCO2. The fourth-order valence-corrected chi connectivity index (χ4v) is 3.19. The van der Waals surface area contributed by atoms with Gasteiger partial charge in [-0.2, -0.15) is 0 Å². The van der Waals surface area contributed by atoms with Gasteiger partial charge in [0.15, 0.2) is 16.7 Å². The molecule has 0 amide bonds. The maximum atomic E-state index is 6.22. The minimum atomic E-state index is 0.375. The molecule has 0 saturated carbocycles. The average molecular weight is 327 g/mol. The normalized spacial score (nSPS) is 13.5. The molecule has 2 aromatic rings. The summed E-state index contributed by atoms with van der Waals surface area (Å²) < 4.78 is 13.0. The highest BCUT2D eigenvalue weighted by Crippen LogP contribution is 2.39. The summed E-state index contributed by atoms with van der Waals surface area (Å²) in [5, 5.41) is 9.54. The van der Waals surface area contributed by atoms with Crippen LogP contribution in [0, 0.1) is 0 Å². The predicted octanol–water partition coefficient (Wildman–Crippen LogP) is 1.99. The van der Waals surface area contributed by atoms with E-state index in [-0.39, 0.29) is 0 Å². The van der Waals surface area contributed by atoms with Crippen molar-refractivity contribution in [2.24, 2.45) is 12.8 Å². The Morgan fingerprint density at radius 3 is 2.90 bits per heavy atom. The van der Waals surface area contributed by atoms with Crippen molar-refractivity contribution in [3.63, 3.8) is 0 Å². The summed E-state index contributed by atoms with van der Waals surface area (Å²) in [6, 6.07) is 3.84. The summed E-state index contributed by atoms with van der Waals surface area (Å²) in [7, 11) is 1.90. The Balaban J connectivity index is 1.76. The molecule has 0 unspecified atom stereocenters. The lowest BCUT2D eigenvalue weighted by molar-refractivity contribution is 0.171. The number of nitrogens with two attached hydrogens (primary N) is 1. The fraction of sp³-hybridized carbons (Fsp3) is 0.385. The first-order valence-electron chi connectivity index (χ1n) is 6.48. The van der Waals surface area contributed by atoms with Crippen LogP contribution in [-0.4, -0.2) is 28.0 Å². The standard InChI is InChI=1S/C13H15ClN4O2S/c1-18-11(6-15)16-17-13(18)21-7-8-4-9(14)12-10(5-8)19-2-3-20-12/h4-5H,2-3,6-7,15H2,1H3. The second-order valence-electron chi connectivity index (χ2n) is 4.55. The van der Waals surface area contributed by atoms with Crippen LogP contribution >= 0.6 is 23.4 Å². The Morgan fingerprint density at radius 2 is 2.14 bits per heavy atom. The highest BCUT2D eigenvalue weighted by Gasteiger charge is 2.17. The number of hydrogen-bond donors (Lipinski definition) is 1. The highest BCUT2D eigenvalue weighted by molar-refractivity contribution is 7.98. The van der Waals surface area contributed by atoms with Crippen molar-refractivity contribution in [3.05, 3.63) is 28.5 Å². The van der Waals surface area contributed by atoms with Crippen molar-refractivity contribution in [3.8, 4) is 11.5 Å². The molecule has 1 aliphatic rings. The zero-order valence-electron chi connectivity index (χ0n) is 11.5. The van der Waals surface area contributed by atoms with Crippen molar-refractivity contribution in [2.45, 2.75) is 17.5 Å². The monoisotopic (exact) mass is 326 g/mol. The third-order valence-corrected chi connectivity index (χ3v) is 4.50. The molecule has 1 aromatic heterocycles. The molecule has 0 aliphatic carbocycles. The number of hydrogen-bond acceptors (Lipinski definition) is 6. The maximum absolute atomic E-state index is 6.22. The second-order valence-corrected chi connectivity index (χ2v) is 5.90. The topological polar surface area (TPSA) is 75.2 Å². The van der Waals surface area contributed by atoms with Gasteiger partial charge in [-0.25, -0.2) is 0 Å². The number of thioether (sulfide) groups is 1. The lowest BCUT2D eigenvalue weighted by Crippen LogP contribution is -2.15. The highest BCUT2D eigenvalue weighted by atomic mass is 35.5. The van der Waals surface area contributed by atoms with E-state index >= 15 is 0 Å². The quantitative estimate of drug-likeness (QED) is 0.866. The minimum absolute atomic E-state index is 0.375. The Hall–Kier alpha value is -1.44. The van der Waals surface area contributed by atoms with Crippen LogP contribution < -0.4 is 15.2 Å². The van der Waals surface area contributed by atoms with Gasteiger partial charge in [-0.15, -0.1) is 10.2 Å². The molecule has 0 radical (unpaired) electrons. The number of fused-ring (bicyclic) bond motifs is 1. The Kier molecular flexibility index (Phi) is 4.23. The second kappa shape index (κ2) is 6.13. The van der Waals surface area contributed by atoms with E-state index in [4.69, 9.17) is 26.8 Å². The van der Waals surface area contributed by atoms with Crippen LogP contribution in [0.25, 0.3) is 0 Å². The molecule has 1 aromatic carbocycles. The first-order chi connectivity index (χ1) is 10.2. The van der Waals surface area contributed by atoms with Crippen LogP contribution in [0.5, 0.6) is 11.5 Å². The van der Waals surface area contributed by atoms with Crippen LogP contribution in [0.4, 0.5) is 0 Å². The van der Waals surface area contributed by atoms with Crippen molar-refractivity contribution < 1.29 is 9.47 Å². The lowest BCUT2D eigenvalue weighted by atomic mass is 10.2. The summed E-state index contributed by atoms with van der Waals surface area (Å²) in [6.45, 7) is 1.45. The van der Waals surface area contributed by atoms with Gasteiger partial charge in [0.2, 0.25) is 0 Å². The van der Waals surface area contributed by atoms with Crippen LogP contribution in [-0.2, 0) is 19.3 Å². The van der Waals surface area contributed by atoms with Crippen LogP contribution in [0.1, 0.15) is 11.4 Å². The van der Waals surface area contributed by atoms with Crippen molar-refractivity contribution in [1.82, 2.24) is 14.8 Å². The van der Waals surface area contributed by atoms with Crippen molar-refractivity contribution in [1.29, 1.82) is 0 Å². The number of halogens is 1.